The number of rotatable bonds is 1. The lowest BCUT2D eigenvalue weighted by molar-refractivity contribution is 0.765. The van der Waals surface area contributed by atoms with Crippen LogP contribution < -0.4 is 5.32 Å². The van der Waals surface area contributed by atoms with Crippen molar-refractivity contribution in [1.29, 1.82) is 0 Å². The second-order valence-electron chi connectivity index (χ2n) is 3.79. The van der Waals surface area contributed by atoms with Gasteiger partial charge >= 0.3 is 0 Å². The van der Waals surface area contributed by atoms with Gasteiger partial charge in [-0.3, -0.25) is 4.98 Å². The van der Waals surface area contributed by atoms with Crippen LogP contribution >= 0.6 is 0 Å². The predicted octanol–water partition coefficient (Wildman–Crippen LogP) is 3.38. The number of nitrogens with zero attached hydrogens (tertiary/aromatic N) is 1. The van der Waals surface area contributed by atoms with Gasteiger partial charge in [-0.2, -0.15) is 0 Å². The first-order valence-corrected chi connectivity index (χ1v) is 6.17. The van der Waals surface area contributed by atoms with E-state index in [0.717, 1.165) is 13.1 Å². The van der Waals surface area contributed by atoms with Crippen LogP contribution in [0.1, 0.15) is 25.0 Å². The highest BCUT2D eigenvalue weighted by Gasteiger charge is 2.14. The Morgan fingerprint density at radius 1 is 1.06 bits per heavy atom. The molecule has 0 saturated heterocycles. The van der Waals surface area contributed by atoms with E-state index in [1.165, 1.54) is 22.3 Å². The Labute approximate surface area is 103 Å². The summed E-state index contributed by atoms with van der Waals surface area (Å²) in [5, 5.41) is 3.38. The molecule has 2 nitrogen and oxygen atoms in total. The van der Waals surface area contributed by atoms with E-state index in [1.54, 1.807) is 0 Å². The minimum atomic E-state index is 0.973. The summed E-state index contributed by atoms with van der Waals surface area (Å²) in [4.78, 5) is 4.17. The largest absolute Gasteiger partial charge is 0.309 e. The van der Waals surface area contributed by atoms with Crippen molar-refractivity contribution in [3.63, 3.8) is 0 Å². The molecule has 0 saturated carbocycles. The smallest absolute Gasteiger partial charge is 0.0346 e. The summed E-state index contributed by atoms with van der Waals surface area (Å²) in [6, 6.07) is 10.6. The molecule has 1 aromatic carbocycles. The number of aromatic nitrogens is 1. The number of hydrogen-bond acceptors (Lipinski definition) is 2. The SMILES string of the molecule is CC.c1cncc(-c2cccc3c2CNC3)c1. The third-order valence-corrected chi connectivity index (χ3v) is 2.86. The number of nitrogens with one attached hydrogen (secondary N) is 1. The highest BCUT2D eigenvalue weighted by Crippen LogP contribution is 2.28. The quantitative estimate of drug-likeness (QED) is 0.806. The summed E-state index contributed by atoms with van der Waals surface area (Å²) in [5.41, 5.74) is 5.35. The van der Waals surface area contributed by atoms with Crippen LogP contribution in [0.3, 0.4) is 0 Å². The van der Waals surface area contributed by atoms with Crippen molar-refractivity contribution >= 4 is 0 Å². The van der Waals surface area contributed by atoms with Gasteiger partial charge in [0.25, 0.3) is 0 Å². The van der Waals surface area contributed by atoms with E-state index < -0.39 is 0 Å². The van der Waals surface area contributed by atoms with Crippen molar-refractivity contribution in [2.75, 3.05) is 0 Å². The second kappa shape index (κ2) is 5.60. The number of pyridine rings is 1. The topological polar surface area (TPSA) is 24.9 Å². The van der Waals surface area contributed by atoms with Crippen molar-refractivity contribution in [3.8, 4) is 11.1 Å². The molecule has 1 aliphatic rings. The van der Waals surface area contributed by atoms with Crippen LogP contribution in [0.15, 0.2) is 42.7 Å². The zero-order chi connectivity index (χ0) is 12.1. The lowest BCUT2D eigenvalue weighted by atomic mass is 9.98. The van der Waals surface area contributed by atoms with Gasteiger partial charge in [-0.15, -0.1) is 0 Å². The third kappa shape index (κ3) is 2.37. The maximum atomic E-state index is 4.17. The Morgan fingerprint density at radius 2 is 1.94 bits per heavy atom. The molecule has 2 aromatic rings. The van der Waals surface area contributed by atoms with Crippen molar-refractivity contribution in [1.82, 2.24) is 10.3 Å². The monoisotopic (exact) mass is 226 g/mol. The van der Waals surface area contributed by atoms with Gasteiger partial charge in [-0.1, -0.05) is 38.1 Å². The average Bonchev–Trinajstić information content (AvgIpc) is 2.90. The first kappa shape index (κ1) is 11.8. The molecule has 1 aliphatic heterocycles. The molecule has 0 bridgehead atoms. The van der Waals surface area contributed by atoms with Crippen LogP contribution in [-0.4, -0.2) is 4.98 Å². The molecule has 0 fully saturated rings. The van der Waals surface area contributed by atoms with Crippen molar-refractivity contribution in [3.05, 3.63) is 53.9 Å². The Bertz CT molecular complexity index is 478. The molecule has 88 valence electrons. The Hall–Kier alpha value is -1.67. The van der Waals surface area contributed by atoms with E-state index in [4.69, 9.17) is 0 Å². The number of hydrogen-bond donors (Lipinski definition) is 1. The van der Waals surface area contributed by atoms with Crippen molar-refractivity contribution < 1.29 is 0 Å². The summed E-state index contributed by atoms with van der Waals surface area (Å²) >= 11 is 0. The molecular formula is C15H18N2. The first-order valence-electron chi connectivity index (χ1n) is 6.17. The average molecular weight is 226 g/mol. The maximum absolute atomic E-state index is 4.17. The van der Waals surface area contributed by atoms with Crippen molar-refractivity contribution in [2.45, 2.75) is 26.9 Å². The second-order valence-corrected chi connectivity index (χ2v) is 3.79. The number of fused-ring (bicyclic) bond motifs is 1. The molecule has 1 N–H and O–H groups in total. The molecule has 0 aliphatic carbocycles. The van der Waals surface area contributed by atoms with Gasteiger partial charge in [-0.25, -0.2) is 0 Å². The van der Waals surface area contributed by atoms with Crippen molar-refractivity contribution in [2.24, 2.45) is 0 Å². The van der Waals surface area contributed by atoms with Crippen LogP contribution in [0.25, 0.3) is 11.1 Å². The molecule has 2 heteroatoms. The third-order valence-electron chi connectivity index (χ3n) is 2.86. The standard InChI is InChI=1S/C13H12N2.C2H6/c1-3-11-8-15-9-13(11)12(5-1)10-4-2-6-14-7-10;1-2/h1-7,15H,8-9H2;1-2H3. The Morgan fingerprint density at radius 3 is 2.71 bits per heavy atom. The van der Waals surface area contributed by atoms with E-state index >= 15 is 0 Å². The highest BCUT2D eigenvalue weighted by atomic mass is 14.9. The van der Waals surface area contributed by atoms with Crippen LogP contribution in [0.4, 0.5) is 0 Å². The fourth-order valence-corrected chi connectivity index (χ4v) is 2.12. The molecule has 0 amide bonds. The fourth-order valence-electron chi connectivity index (χ4n) is 2.12. The van der Waals surface area contributed by atoms with E-state index in [9.17, 15) is 0 Å². The molecule has 17 heavy (non-hydrogen) atoms. The summed E-state index contributed by atoms with van der Waals surface area (Å²) in [7, 11) is 0. The van der Waals surface area contributed by atoms with E-state index in [1.807, 2.05) is 32.3 Å². The van der Waals surface area contributed by atoms with Crippen LogP contribution in [-0.2, 0) is 13.1 Å². The summed E-state index contributed by atoms with van der Waals surface area (Å²) in [5.74, 6) is 0. The molecule has 1 aromatic heterocycles. The lowest BCUT2D eigenvalue weighted by Crippen LogP contribution is -2.00. The van der Waals surface area contributed by atoms with E-state index in [0.29, 0.717) is 0 Å². The molecule has 2 heterocycles. The molecule has 0 radical (unpaired) electrons. The van der Waals surface area contributed by atoms with Crippen LogP contribution in [0.5, 0.6) is 0 Å². The highest BCUT2D eigenvalue weighted by molar-refractivity contribution is 5.68. The van der Waals surface area contributed by atoms with Gasteiger partial charge in [0.1, 0.15) is 0 Å². The minimum absolute atomic E-state index is 0.973. The fraction of sp³-hybridized carbons (Fsp3) is 0.267. The van der Waals surface area contributed by atoms with Gasteiger partial charge in [0.05, 0.1) is 0 Å². The van der Waals surface area contributed by atoms with Gasteiger partial charge < -0.3 is 5.32 Å². The summed E-state index contributed by atoms with van der Waals surface area (Å²) < 4.78 is 0. The molecule has 0 atom stereocenters. The van der Waals surface area contributed by atoms with Crippen LogP contribution in [0.2, 0.25) is 0 Å². The molecule has 0 spiro atoms. The lowest BCUT2D eigenvalue weighted by Gasteiger charge is -2.06. The van der Waals surface area contributed by atoms with Gasteiger partial charge in [0.15, 0.2) is 0 Å². The summed E-state index contributed by atoms with van der Waals surface area (Å²) in [6.45, 7) is 5.96. The van der Waals surface area contributed by atoms with Gasteiger partial charge in [0, 0.05) is 31.0 Å². The molecular weight excluding hydrogens is 208 g/mol. The van der Waals surface area contributed by atoms with Gasteiger partial charge in [-0.05, 0) is 22.8 Å². The van der Waals surface area contributed by atoms with E-state index in [2.05, 4.69) is 34.6 Å². The Kier molecular flexibility index (Phi) is 3.89. The maximum Gasteiger partial charge on any atom is 0.0346 e. The molecule has 0 unspecified atom stereocenters. The summed E-state index contributed by atoms with van der Waals surface area (Å²) in [6.07, 6.45) is 3.73. The molecule has 3 rings (SSSR count). The van der Waals surface area contributed by atoms with E-state index in [-0.39, 0.29) is 0 Å². The zero-order valence-electron chi connectivity index (χ0n) is 10.4. The van der Waals surface area contributed by atoms with Gasteiger partial charge in [0.2, 0.25) is 0 Å². The Balaban J connectivity index is 0.000000514. The predicted molar refractivity (Wildman–Crippen MR) is 71.6 cm³/mol. The number of benzene rings is 1. The first-order chi connectivity index (χ1) is 8.45. The van der Waals surface area contributed by atoms with Crippen LogP contribution in [0, 0.1) is 0 Å². The normalized spacial score (nSPS) is 12.6. The minimum Gasteiger partial charge on any atom is -0.309 e. The zero-order valence-corrected chi connectivity index (χ0v) is 10.4.